The summed E-state index contributed by atoms with van der Waals surface area (Å²) in [5.74, 6) is 0.575. The van der Waals surface area contributed by atoms with Crippen molar-refractivity contribution < 1.29 is 9.50 Å². The second-order valence-electron chi connectivity index (χ2n) is 5.95. The zero-order chi connectivity index (χ0) is 14.8. The summed E-state index contributed by atoms with van der Waals surface area (Å²) in [6.45, 7) is 3.27. The Balaban J connectivity index is 1.82. The second kappa shape index (κ2) is 6.08. The first-order valence-corrected chi connectivity index (χ1v) is 7.57. The van der Waals surface area contributed by atoms with Crippen LogP contribution in [0.1, 0.15) is 36.2 Å². The molecule has 0 saturated heterocycles. The number of halogens is 1. The Bertz CT molecular complexity index is 653. The molecule has 0 aliphatic heterocycles. The summed E-state index contributed by atoms with van der Waals surface area (Å²) in [7, 11) is 0. The lowest BCUT2D eigenvalue weighted by atomic mass is 9.85. The standard InChI is InChI=1S/C17H21FN2O/c1-11-16-7-17(18)14(9-19-8-12-3-2-4-12)5-13(16)6-15(10-21)20-11/h5-7,12,19,21H,2-4,8-10H2,1H3. The van der Waals surface area contributed by atoms with E-state index in [1.54, 1.807) is 6.07 Å². The fraction of sp³-hybridized carbons (Fsp3) is 0.471. The number of nitrogens with zero attached hydrogens (tertiary/aromatic N) is 1. The van der Waals surface area contributed by atoms with Gasteiger partial charge in [-0.25, -0.2) is 4.39 Å². The van der Waals surface area contributed by atoms with E-state index in [0.29, 0.717) is 17.8 Å². The third kappa shape index (κ3) is 3.06. The van der Waals surface area contributed by atoms with E-state index in [2.05, 4.69) is 10.3 Å². The van der Waals surface area contributed by atoms with E-state index < -0.39 is 0 Å². The van der Waals surface area contributed by atoms with Gasteiger partial charge in [0.1, 0.15) is 5.82 Å². The first-order valence-electron chi connectivity index (χ1n) is 7.57. The van der Waals surface area contributed by atoms with Gasteiger partial charge < -0.3 is 10.4 Å². The maximum Gasteiger partial charge on any atom is 0.128 e. The normalized spacial score (nSPS) is 15.4. The van der Waals surface area contributed by atoms with E-state index in [1.807, 2.05) is 19.1 Å². The predicted molar refractivity (Wildman–Crippen MR) is 81.4 cm³/mol. The number of pyridine rings is 1. The molecule has 1 fully saturated rings. The summed E-state index contributed by atoms with van der Waals surface area (Å²) in [6.07, 6.45) is 3.91. The van der Waals surface area contributed by atoms with Crippen LogP contribution in [0.3, 0.4) is 0 Å². The lowest BCUT2D eigenvalue weighted by molar-refractivity contribution is 0.277. The Labute approximate surface area is 124 Å². The number of hydrogen-bond donors (Lipinski definition) is 2. The maximum absolute atomic E-state index is 14.2. The molecule has 0 amide bonds. The molecule has 1 heterocycles. The summed E-state index contributed by atoms with van der Waals surface area (Å²) in [5, 5.41) is 14.3. The van der Waals surface area contributed by atoms with Crippen LogP contribution in [0, 0.1) is 18.7 Å². The number of hydrogen-bond acceptors (Lipinski definition) is 3. The van der Waals surface area contributed by atoms with Gasteiger partial charge >= 0.3 is 0 Å². The van der Waals surface area contributed by atoms with Crippen LogP contribution in [0.2, 0.25) is 0 Å². The Morgan fingerprint density at radius 2 is 2.14 bits per heavy atom. The SMILES string of the molecule is Cc1nc(CO)cc2cc(CNCC3CCC3)c(F)cc12. The van der Waals surface area contributed by atoms with Gasteiger partial charge in [-0.15, -0.1) is 0 Å². The lowest BCUT2D eigenvalue weighted by Gasteiger charge is -2.25. The number of nitrogens with one attached hydrogen (secondary N) is 1. The summed E-state index contributed by atoms with van der Waals surface area (Å²) >= 11 is 0. The monoisotopic (exact) mass is 288 g/mol. The third-order valence-electron chi connectivity index (χ3n) is 4.38. The van der Waals surface area contributed by atoms with Gasteiger partial charge in [0.15, 0.2) is 0 Å². The van der Waals surface area contributed by atoms with Crippen molar-refractivity contribution in [3.05, 3.63) is 41.0 Å². The molecule has 3 rings (SSSR count). The van der Waals surface area contributed by atoms with Gasteiger partial charge in [-0.2, -0.15) is 0 Å². The first-order chi connectivity index (χ1) is 10.2. The minimum absolute atomic E-state index is 0.0938. The van der Waals surface area contributed by atoms with Crippen molar-refractivity contribution in [1.29, 1.82) is 0 Å². The summed E-state index contributed by atoms with van der Waals surface area (Å²) in [5.41, 5.74) is 2.06. The topological polar surface area (TPSA) is 45.2 Å². The second-order valence-corrected chi connectivity index (χ2v) is 5.95. The number of aliphatic hydroxyl groups is 1. The van der Waals surface area contributed by atoms with Crippen molar-refractivity contribution >= 4 is 10.8 Å². The van der Waals surface area contributed by atoms with Gasteiger partial charge in [0.05, 0.1) is 12.3 Å². The Morgan fingerprint density at radius 3 is 2.81 bits per heavy atom. The number of aryl methyl sites for hydroxylation is 1. The minimum atomic E-state index is -0.190. The van der Waals surface area contributed by atoms with Crippen molar-refractivity contribution in [2.24, 2.45) is 5.92 Å². The molecule has 21 heavy (non-hydrogen) atoms. The largest absolute Gasteiger partial charge is 0.390 e. The molecule has 0 atom stereocenters. The van der Waals surface area contributed by atoms with Crippen molar-refractivity contribution in [2.45, 2.75) is 39.3 Å². The molecule has 2 N–H and O–H groups in total. The van der Waals surface area contributed by atoms with Gasteiger partial charge in [-0.1, -0.05) is 6.42 Å². The van der Waals surface area contributed by atoms with E-state index in [4.69, 9.17) is 0 Å². The van der Waals surface area contributed by atoms with Crippen molar-refractivity contribution in [3.8, 4) is 0 Å². The van der Waals surface area contributed by atoms with Crippen LogP contribution >= 0.6 is 0 Å². The smallest absolute Gasteiger partial charge is 0.128 e. The molecular weight excluding hydrogens is 267 g/mol. The molecule has 0 bridgehead atoms. The molecule has 1 aromatic carbocycles. The van der Waals surface area contributed by atoms with Crippen LogP contribution < -0.4 is 5.32 Å². The van der Waals surface area contributed by atoms with Crippen LogP contribution in [0.4, 0.5) is 4.39 Å². The molecule has 1 aliphatic carbocycles. The van der Waals surface area contributed by atoms with Crippen LogP contribution in [0.5, 0.6) is 0 Å². The summed E-state index contributed by atoms with van der Waals surface area (Å²) in [6, 6.07) is 5.25. The quantitative estimate of drug-likeness (QED) is 0.889. The minimum Gasteiger partial charge on any atom is -0.390 e. The molecule has 1 aromatic heterocycles. The Morgan fingerprint density at radius 1 is 1.33 bits per heavy atom. The van der Waals surface area contributed by atoms with Crippen LogP contribution in [-0.2, 0) is 13.2 Å². The molecule has 4 heteroatoms. The molecule has 2 aromatic rings. The van der Waals surface area contributed by atoms with Crippen LogP contribution in [-0.4, -0.2) is 16.6 Å². The van der Waals surface area contributed by atoms with E-state index in [0.717, 1.165) is 28.9 Å². The van der Waals surface area contributed by atoms with Crippen LogP contribution in [0.25, 0.3) is 10.8 Å². The number of benzene rings is 1. The number of fused-ring (bicyclic) bond motifs is 1. The lowest BCUT2D eigenvalue weighted by Crippen LogP contribution is -2.27. The number of aliphatic hydroxyl groups excluding tert-OH is 1. The molecule has 1 saturated carbocycles. The highest BCUT2D eigenvalue weighted by molar-refractivity contribution is 5.85. The number of rotatable bonds is 5. The van der Waals surface area contributed by atoms with E-state index >= 15 is 0 Å². The van der Waals surface area contributed by atoms with E-state index in [-0.39, 0.29) is 12.4 Å². The highest BCUT2D eigenvalue weighted by atomic mass is 19.1. The van der Waals surface area contributed by atoms with Gasteiger partial charge in [0, 0.05) is 23.2 Å². The fourth-order valence-corrected chi connectivity index (χ4v) is 2.88. The maximum atomic E-state index is 14.2. The molecular formula is C17H21FN2O. The molecule has 0 unspecified atom stereocenters. The summed E-state index contributed by atoms with van der Waals surface area (Å²) in [4.78, 5) is 4.26. The zero-order valence-electron chi connectivity index (χ0n) is 12.3. The van der Waals surface area contributed by atoms with Gasteiger partial charge in [-0.05, 0) is 55.8 Å². The van der Waals surface area contributed by atoms with E-state index in [9.17, 15) is 9.50 Å². The molecule has 112 valence electrons. The number of aromatic nitrogens is 1. The third-order valence-corrected chi connectivity index (χ3v) is 4.38. The molecule has 1 aliphatic rings. The first kappa shape index (κ1) is 14.4. The predicted octanol–water partition coefficient (Wildman–Crippen LogP) is 3.06. The van der Waals surface area contributed by atoms with Gasteiger partial charge in [0.2, 0.25) is 0 Å². The average Bonchev–Trinajstić information content (AvgIpc) is 2.42. The highest BCUT2D eigenvalue weighted by Crippen LogP contribution is 2.26. The zero-order valence-corrected chi connectivity index (χ0v) is 12.3. The van der Waals surface area contributed by atoms with Gasteiger partial charge in [-0.3, -0.25) is 4.98 Å². The van der Waals surface area contributed by atoms with Crippen molar-refractivity contribution in [3.63, 3.8) is 0 Å². The fourth-order valence-electron chi connectivity index (χ4n) is 2.88. The molecule has 0 radical (unpaired) electrons. The highest BCUT2D eigenvalue weighted by Gasteiger charge is 2.16. The average molecular weight is 288 g/mol. The Kier molecular flexibility index (Phi) is 4.17. The summed E-state index contributed by atoms with van der Waals surface area (Å²) < 4.78 is 14.2. The molecule has 3 nitrogen and oxygen atoms in total. The van der Waals surface area contributed by atoms with Crippen molar-refractivity contribution in [1.82, 2.24) is 10.3 Å². The van der Waals surface area contributed by atoms with E-state index in [1.165, 1.54) is 19.3 Å². The Hall–Kier alpha value is -1.52. The van der Waals surface area contributed by atoms with Gasteiger partial charge in [0.25, 0.3) is 0 Å². The van der Waals surface area contributed by atoms with Crippen molar-refractivity contribution in [2.75, 3.05) is 6.54 Å². The molecule has 0 spiro atoms. The van der Waals surface area contributed by atoms with Crippen LogP contribution in [0.15, 0.2) is 18.2 Å².